The average molecular weight is 439 g/mol. The first-order chi connectivity index (χ1) is 14.2. The summed E-state index contributed by atoms with van der Waals surface area (Å²) in [6.45, 7) is 0. The number of halogens is 3. The van der Waals surface area contributed by atoms with Gasteiger partial charge >= 0.3 is 6.18 Å². The lowest BCUT2D eigenvalue weighted by molar-refractivity contribution is -0.137. The van der Waals surface area contributed by atoms with Gasteiger partial charge < -0.3 is 10.4 Å². The SMILES string of the molecule is CSCCC(NC(=O)c1ccc(C(F)(F)F)cc1)C(=O)NN=Cc1ccc(O)cc1. The molecule has 30 heavy (non-hydrogen) atoms. The van der Waals surface area contributed by atoms with Crippen LogP contribution in [0.25, 0.3) is 0 Å². The summed E-state index contributed by atoms with van der Waals surface area (Å²) in [5.41, 5.74) is 2.13. The fraction of sp³-hybridized carbons (Fsp3) is 0.250. The number of hydrogen-bond acceptors (Lipinski definition) is 5. The first-order valence-corrected chi connectivity index (χ1v) is 10.2. The predicted molar refractivity (Wildman–Crippen MR) is 110 cm³/mol. The lowest BCUT2D eigenvalue weighted by atomic mass is 10.1. The first-order valence-electron chi connectivity index (χ1n) is 8.79. The number of nitrogens with one attached hydrogen (secondary N) is 2. The molecule has 2 aromatic rings. The maximum absolute atomic E-state index is 12.7. The Labute approximate surface area is 175 Å². The van der Waals surface area contributed by atoms with Crippen LogP contribution in [-0.2, 0) is 11.0 Å². The van der Waals surface area contributed by atoms with Crippen LogP contribution in [0.3, 0.4) is 0 Å². The zero-order valence-electron chi connectivity index (χ0n) is 15.9. The molecule has 0 spiro atoms. The molecule has 2 amide bonds. The van der Waals surface area contributed by atoms with Crippen molar-refractivity contribution in [1.82, 2.24) is 10.7 Å². The van der Waals surface area contributed by atoms with Gasteiger partial charge in [0.15, 0.2) is 0 Å². The third-order valence-electron chi connectivity index (χ3n) is 3.99. The van der Waals surface area contributed by atoms with E-state index in [1.54, 1.807) is 12.1 Å². The summed E-state index contributed by atoms with van der Waals surface area (Å²) in [7, 11) is 0. The van der Waals surface area contributed by atoms with Crippen molar-refractivity contribution in [2.75, 3.05) is 12.0 Å². The molecule has 2 rings (SSSR count). The number of carbonyl (C=O) groups excluding carboxylic acids is 2. The third kappa shape index (κ3) is 7.11. The van der Waals surface area contributed by atoms with Crippen LogP contribution in [0.4, 0.5) is 13.2 Å². The highest BCUT2D eigenvalue weighted by Crippen LogP contribution is 2.29. The second-order valence-corrected chi connectivity index (χ2v) is 7.19. The van der Waals surface area contributed by atoms with E-state index in [1.165, 1.54) is 30.1 Å². The number of phenols is 1. The molecule has 0 fully saturated rings. The van der Waals surface area contributed by atoms with Gasteiger partial charge in [-0.3, -0.25) is 9.59 Å². The monoisotopic (exact) mass is 439 g/mol. The Kier molecular flexibility index (Phi) is 8.28. The number of phenolic OH excluding ortho intramolecular Hbond substituents is 1. The third-order valence-corrected chi connectivity index (χ3v) is 4.63. The number of aromatic hydroxyl groups is 1. The fourth-order valence-electron chi connectivity index (χ4n) is 2.37. The molecule has 160 valence electrons. The second-order valence-electron chi connectivity index (χ2n) is 6.21. The largest absolute Gasteiger partial charge is 0.508 e. The zero-order valence-corrected chi connectivity index (χ0v) is 16.8. The van der Waals surface area contributed by atoms with Gasteiger partial charge in [0.25, 0.3) is 11.8 Å². The summed E-state index contributed by atoms with van der Waals surface area (Å²) in [4.78, 5) is 24.8. The Morgan fingerprint density at radius 1 is 1.13 bits per heavy atom. The number of carbonyl (C=O) groups is 2. The minimum atomic E-state index is -4.49. The standard InChI is InChI=1S/C20H20F3N3O3S/c1-30-11-10-17(19(29)26-24-12-13-2-8-16(27)9-3-13)25-18(28)14-4-6-15(7-5-14)20(21,22)23/h2-9,12,17,27H,10-11H2,1H3,(H,25,28)(H,26,29). The van der Waals surface area contributed by atoms with Crippen LogP contribution in [0.1, 0.15) is 27.9 Å². The first kappa shape index (κ1) is 23.3. The highest BCUT2D eigenvalue weighted by Gasteiger charge is 2.30. The molecule has 10 heteroatoms. The Morgan fingerprint density at radius 3 is 2.33 bits per heavy atom. The van der Waals surface area contributed by atoms with Crippen LogP contribution < -0.4 is 10.7 Å². The molecule has 0 bridgehead atoms. The van der Waals surface area contributed by atoms with Gasteiger partial charge in [0, 0.05) is 5.56 Å². The Bertz CT molecular complexity index is 885. The van der Waals surface area contributed by atoms with Crippen LogP contribution in [0.15, 0.2) is 53.6 Å². The Hall–Kier alpha value is -3.01. The number of alkyl halides is 3. The molecule has 0 saturated heterocycles. The van der Waals surface area contributed by atoms with Crippen molar-refractivity contribution in [2.45, 2.75) is 18.6 Å². The number of hydrogen-bond donors (Lipinski definition) is 3. The number of hydrazone groups is 1. The Morgan fingerprint density at radius 2 is 1.77 bits per heavy atom. The van der Waals surface area contributed by atoms with E-state index >= 15 is 0 Å². The molecule has 0 aliphatic heterocycles. The van der Waals surface area contributed by atoms with Crippen LogP contribution in [0.2, 0.25) is 0 Å². The van der Waals surface area contributed by atoms with Gasteiger partial charge in [0.2, 0.25) is 0 Å². The molecule has 0 aromatic heterocycles. The maximum atomic E-state index is 12.7. The van der Waals surface area contributed by atoms with Crippen LogP contribution in [0.5, 0.6) is 5.75 Å². The van der Waals surface area contributed by atoms with Gasteiger partial charge in [-0.15, -0.1) is 0 Å². The summed E-state index contributed by atoms with van der Waals surface area (Å²) in [6, 6.07) is 8.97. The van der Waals surface area contributed by atoms with E-state index in [0.29, 0.717) is 17.7 Å². The lowest BCUT2D eigenvalue weighted by Crippen LogP contribution is -2.45. The van der Waals surface area contributed by atoms with Gasteiger partial charge in [0.05, 0.1) is 11.8 Å². The molecular weight excluding hydrogens is 419 g/mol. The van der Waals surface area contributed by atoms with Crippen molar-refractivity contribution in [3.05, 3.63) is 65.2 Å². The van der Waals surface area contributed by atoms with Crippen LogP contribution in [-0.4, -0.2) is 41.2 Å². The highest BCUT2D eigenvalue weighted by molar-refractivity contribution is 7.98. The minimum absolute atomic E-state index is 0.0116. The predicted octanol–water partition coefficient (Wildman–Crippen LogP) is 3.41. The maximum Gasteiger partial charge on any atom is 0.416 e. The van der Waals surface area contributed by atoms with Crippen LogP contribution in [0, 0.1) is 0 Å². The molecule has 0 radical (unpaired) electrons. The number of nitrogens with zero attached hydrogens (tertiary/aromatic N) is 1. The van der Waals surface area contributed by atoms with Gasteiger partial charge in [-0.1, -0.05) is 0 Å². The summed E-state index contributed by atoms with van der Waals surface area (Å²) in [6.07, 6.45) is -0.963. The molecule has 1 unspecified atom stereocenters. The normalized spacial score (nSPS) is 12.5. The fourth-order valence-corrected chi connectivity index (χ4v) is 2.84. The molecule has 0 saturated carbocycles. The molecule has 0 aliphatic rings. The summed E-state index contributed by atoms with van der Waals surface area (Å²) in [5, 5.41) is 15.6. The van der Waals surface area contributed by atoms with Gasteiger partial charge in [-0.2, -0.15) is 30.0 Å². The minimum Gasteiger partial charge on any atom is -0.508 e. The lowest BCUT2D eigenvalue weighted by Gasteiger charge is -2.17. The second kappa shape index (κ2) is 10.7. The van der Waals surface area contributed by atoms with Gasteiger partial charge in [-0.25, -0.2) is 5.43 Å². The zero-order chi connectivity index (χ0) is 22.1. The number of rotatable bonds is 8. The van der Waals surface area contributed by atoms with Crippen molar-refractivity contribution < 1.29 is 27.9 Å². The van der Waals surface area contributed by atoms with Crippen molar-refractivity contribution in [2.24, 2.45) is 5.10 Å². The molecule has 3 N–H and O–H groups in total. The van der Waals surface area contributed by atoms with E-state index in [0.717, 1.165) is 24.3 Å². The van der Waals surface area contributed by atoms with E-state index < -0.39 is 29.6 Å². The van der Waals surface area contributed by atoms with E-state index in [4.69, 9.17) is 0 Å². The number of amides is 2. The van der Waals surface area contributed by atoms with Crippen LogP contribution >= 0.6 is 11.8 Å². The van der Waals surface area contributed by atoms with Crippen molar-refractivity contribution in [3.8, 4) is 5.75 Å². The molecular formula is C20H20F3N3O3S. The van der Waals surface area contributed by atoms with E-state index in [-0.39, 0.29) is 11.3 Å². The van der Waals surface area contributed by atoms with E-state index in [2.05, 4.69) is 15.8 Å². The quantitative estimate of drug-likeness (QED) is 0.434. The molecule has 2 aromatic carbocycles. The molecule has 1 atom stereocenters. The van der Waals surface area contributed by atoms with Crippen molar-refractivity contribution in [1.29, 1.82) is 0 Å². The molecule has 0 aliphatic carbocycles. The number of benzene rings is 2. The van der Waals surface area contributed by atoms with Gasteiger partial charge in [0.1, 0.15) is 11.8 Å². The summed E-state index contributed by atoms with van der Waals surface area (Å²) >= 11 is 1.48. The van der Waals surface area contributed by atoms with Crippen molar-refractivity contribution >= 4 is 29.8 Å². The average Bonchev–Trinajstić information content (AvgIpc) is 2.71. The highest BCUT2D eigenvalue weighted by atomic mass is 32.2. The Balaban J connectivity index is 2.02. The van der Waals surface area contributed by atoms with Gasteiger partial charge in [-0.05, 0) is 72.5 Å². The summed E-state index contributed by atoms with van der Waals surface area (Å²) in [5.74, 6) is -0.543. The topological polar surface area (TPSA) is 90.8 Å². The molecule has 0 heterocycles. The number of thioether (sulfide) groups is 1. The van der Waals surface area contributed by atoms with E-state index in [9.17, 15) is 27.9 Å². The van der Waals surface area contributed by atoms with Crippen molar-refractivity contribution in [3.63, 3.8) is 0 Å². The summed E-state index contributed by atoms with van der Waals surface area (Å²) < 4.78 is 38.0. The van der Waals surface area contributed by atoms with E-state index in [1.807, 2.05) is 6.26 Å². The smallest absolute Gasteiger partial charge is 0.416 e. The molecule has 6 nitrogen and oxygen atoms in total.